The van der Waals surface area contributed by atoms with Gasteiger partial charge in [-0.2, -0.15) is 0 Å². The van der Waals surface area contributed by atoms with Gasteiger partial charge in [-0.15, -0.1) is 0 Å². The van der Waals surface area contributed by atoms with E-state index in [2.05, 4.69) is 19.2 Å². The maximum atomic E-state index is 13.2. The monoisotopic (exact) mass is 484 g/mol. The normalized spacial score (nSPS) is 11.3. The molecule has 3 aromatic rings. The molecule has 6 nitrogen and oxygen atoms in total. The first-order chi connectivity index (χ1) is 16.1. The standard InChI is InChI=1S/C26H29FN2O4S/c1-19(2)24-6-4-5-7-25(24)33-17-16-28-26(30)21-10-14-23(15-11-21)29(34(3,31)32)18-20-8-12-22(27)13-9-20/h4-15,19H,16-18H2,1-3H3,(H,28,30). The van der Waals surface area contributed by atoms with Gasteiger partial charge < -0.3 is 10.1 Å². The topological polar surface area (TPSA) is 75.7 Å². The number of nitrogens with one attached hydrogen (secondary N) is 1. The largest absolute Gasteiger partial charge is 0.491 e. The first kappa shape index (κ1) is 25.2. The number of halogens is 1. The Hall–Kier alpha value is -3.39. The summed E-state index contributed by atoms with van der Waals surface area (Å²) in [6.07, 6.45) is 1.11. The average Bonchev–Trinajstić information content (AvgIpc) is 2.81. The van der Waals surface area contributed by atoms with Gasteiger partial charge in [0.15, 0.2) is 0 Å². The van der Waals surface area contributed by atoms with Crippen LogP contribution in [0.5, 0.6) is 5.75 Å². The van der Waals surface area contributed by atoms with Crippen LogP contribution in [-0.2, 0) is 16.6 Å². The third-order valence-electron chi connectivity index (χ3n) is 5.24. The molecule has 0 aromatic heterocycles. The fourth-order valence-electron chi connectivity index (χ4n) is 3.45. The number of ether oxygens (including phenoxy) is 1. The molecule has 0 fully saturated rings. The van der Waals surface area contributed by atoms with Crippen molar-refractivity contribution in [3.63, 3.8) is 0 Å². The molecule has 180 valence electrons. The van der Waals surface area contributed by atoms with Crippen molar-refractivity contribution in [2.24, 2.45) is 0 Å². The lowest BCUT2D eigenvalue weighted by Gasteiger charge is -2.22. The van der Waals surface area contributed by atoms with Crippen LogP contribution in [0, 0.1) is 5.82 Å². The van der Waals surface area contributed by atoms with Gasteiger partial charge in [-0.25, -0.2) is 12.8 Å². The third kappa shape index (κ3) is 6.81. The summed E-state index contributed by atoms with van der Waals surface area (Å²) < 4.78 is 44.9. The van der Waals surface area contributed by atoms with E-state index >= 15 is 0 Å². The number of hydrogen-bond donors (Lipinski definition) is 1. The SMILES string of the molecule is CC(C)c1ccccc1OCCNC(=O)c1ccc(N(Cc2ccc(F)cc2)S(C)(=O)=O)cc1. The van der Waals surface area contributed by atoms with Crippen LogP contribution in [-0.4, -0.2) is 33.7 Å². The number of carbonyl (C=O) groups excluding carboxylic acids is 1. The molecule has 8 heteroatoms. The highest BCUT2D eigenvalue weighted by Crippen LogP contribution is 2.25. The molecule has 0 heterocycles. The Kier molecular flexibility index (Phi) is 8.28. The van der Waals surface area contributed by atoms with Crippen LogP contribution in [0.3, 0.4) is 0 Å². The fraction of sp³-hybridized carbons (Fsp3) is 0.269. The van der Waals surface area contributed by atoms with Crippen LogP contribution >= 0.6 is 0 Å². The van der Waals surface area contributed by atoms with Crippen molar-refractivity contribution < 1.29 is 22.3 Å². The van der Waals surface area contributed by atoms with Crippen molar-refractivity contribution in [1.82, 2.24) is 5.32 Å². The summed E-state index contributed by atoms with van der Waals surface area (Å²) in [5.41, 5.74) is 2.58. The van der Waals surface area contributed by atoms with E-state index in [4.69, 9.17) is 4.74 Å². The van der Waals surface area contributed by atoms with Gasteiger partial charge in [-0.05, 0) is 59.5 Å². The number of sulfonamides is 1. The van der Waals surface area contributed by atoms with Crippen LogP contribution in [0.15, 0.2) is 72.8 Å². The zero-order chi connectivity index (χ0) is 24.7. The Bertz CT molecular complexity index is 1210. The molecule has 0 bridgehead atoms. The molecule has 0 aliphatic heterocycles. The Morgan fingerprint density at radius 2 is 1.65 bits per heavy atom. The van der Waals surface area contributed by atoms with Crippen LogP contribution < -0.4 is 14.4 Å². The van der Waals surface area contributed by atoms with E-state index in [1.54, 1.807) is 24.3 Å². The van der Waals surface area contributed by atoms with Gasteiger partial charge in [0.05, 0.1) is 25.0 Å². The number of nitrogens with zero attached hydrogens (tertiary/aromatic N) is 1. The Morgan fingerprint density at radius 1 is 1.00 bits per heavy atom. The summed E-state index contributed by atoms with van der Waals surface area (Å²) in [7, 11) is -3.59. The Morgan fingerprint density at radius 3 is 2.26 bits per heavy atom. The van der Waals surface area contributed by atoms with E-state index in [9.17, 15) is 17.6 Å². The second kappa shape index (κ2) is 11.2. The zero-order valence-electron chi connectivity index (χ0n) is 19.5. The van der Waals surface area contributed by atoms with Gasteiger partial charge in [-0.3, -0.25) is 9.10 Å². The lowest BCUT2D eigenvalue weighted by molar-refractivity contribution is 0.0947. The molecule has 1 amide bonds. The number of carbonyl (C=O) groups is 1. The van der Waals surface area contributed by atoms with Crippen molar-refractivity contribution in [2.45, 2.75) is 26.3 Å². The molecule has 3 aromatic carbocycles. The van der Waals surface area contributed by atoms with Gasteiger partial charge in [0, 0.05) is 5.56 Å². The highest BCUT2D eigenvalue weighted by molar-refractivity contribution is 7.92. The minimum atomic E-state index is -3.59. The number of rotatable bonds is 10. The molecule has 1 N–H and O–H groups in total. The number of anilines is 1. The summed E-state index contributed by atoms with van der Waals surface area (Å²) in [4.78, 5) is 12.5. The molecule has 0 atom stereocenters. The van der Waals surface area contributed by atoms with Gasteiger partial charge in [0.25, 0.3) is 5.91 Å². The summed E-state index contributed by atoms with van der Waals surface area (Å²) in [6, 6.07) is 19.8. The minimum Gasteiger partial charge on any atom is -0.491 e. The quantitative estimate of drug-likeness (QED) is 0.423. The van der Waals surface area contributed by atoms with Gasteiger partial charge >= 0.3 is 0 Å². The number of hydrogen-bond acceptors (Lipinski definition) is 4. The van der Waals surface area contributed by atoms with Crippen molar-refractivity contribution >= 4 is 21.6 Å². The van der Waals surface area contributed by atoms with Crippen LogP contribution in [0.25, 0.3) is 0 Å². The molecular weight excluding hydrogens is 455 g/mol. The Labute approximate surface area is 200 Å². The van der Waals surface area contributed by atoms with Crippen molar-refractivity contribution in [1.29, 1.82) is 0 Å². The van der Waals surface area contributed by atoms with E-state index in [1.165, 1.54) is 28.6 Å². The second-order valence-corrected chi connectivity index (χ2v) is 10.1. The molecule has 34 heavy (non-hydrogen) atoms. The highest BCUT2D eigenvalue weighted by atomic mass is 32.2. The summed E-state index contributed by atoms with van der Waals surface area (Å²) in [5, 5.41) is 2.81. The van der Waals surface area contributed by atoms with Gasteiger partial charge in [-0.1, -0.05) is 44.2 Å². The maximum Gasteiger partial charge on any atom is 0.251 e. The van der Waals surface area contributed by atoms with E-state index in [1.807, 2.05) is 24.3 Å². The number of amides is 1. The maximum absolute atomic E-state index is 13.2. The molecule has 3 rings (SSSR count). The predicted molar refractivity (Wildman–Crippen MR) is 132 cm³/mol. The van der Waals surface area contributed by atoms with Gasteiger partial charge in [0.1, 0.15) is 18.2 Å². The minimum absolute atomic E-state index is 0.0554. The first-order valence-corrected chi connectivity index (χ1v) is 12.8. The summed E-state index contributed by atoms with van der Waals surface area (Å²) in [6.45, 7) is 4.90. The van der Waals surface area contributed by atoms with Crippen molar-refractivity contribution in [3.05, 3.63) is 95.3 Å². The molecule has 0 unspecified atom stereocenters. The Balaban J connectivity index is 1.60. The van der Waals surface area contributed by atoms with Crippen molar-refractivity contribution in [2.75, 3.05) is 23.7 Å². The molecule has 0 aliphatic carbocycles. The molecule has 0 aliphatic rings. The zero-order valence-corrected chi connectivity index (χ0v) is 20.3. The fourth-order valence-corrected chi connectivity index (χ4v) is 4.34. The summed E-state index contributed by atoms with van der Waals surface area (Å²) >= 11 is 0. The highest BCUT2D eigenvalue weighted by Gasteiger charge is 2.18. The van der Waals surface area contributed by atoms with E-state index in [0.29, 0.717) is 35.9 Å². The van der Waals surface area contributed by atoms with Gasteiger partial charge in [0.2, 0.25) is 10.0 Å². The number of benzene rings is 3. The van der Waals surface area contributed by atoms with E-state index in [-0.39, 0.29) is 18.3 Å². The number of para-hydroxylation sites is 1. The average molecular weight is 485 g/mol. The lowest BCUT2D eigenvalue weighted by atomic mass is 10.0. The summed E-state index contributed by atoms with van der Waals surface area (Å²) in [5.74, 6) is 0.466. The van der Waals surface area contributed by atoms with Crippen molar-refractivity contribution in [3.8, 4) is 5.75 Å². The molecule has 0 saturated carbocycles. The van der Waals surface area contributed by atoms with E-state index in [0.717, 1.165) is 17.6 Å². The van der Waals surface area contributed by atoms with Crippen LogP contribution in [0.1, 0.15) is 41.3 Å². The molecular formula is C26H29FN2O4S. The molecule has 0 radical (unpaired) electrons. The molecule has 0 spiro atoms. The first-order valence-electron chi connectivity index (χ1n) is 11.0. The lowest BCUT2D eigenvalue weighted by Crippen LogP contribution is -2.30. The second-order valence-electron chi connectivity index (χ2n) is 8.24. The molecule has 0 saturated heterocycles. The van der Waals surface area contributed by atoms with E-state index < -0.39 is 10.0 Å². The smallest absolute Gasteiger partial charge is 0.251 e. The third-order valence-corrected chi connectivity index (χ3v) is 6.38. The van der Waals surface area contributed by atoms with Crippen LogP contribution in [0.4, 0.5) is 10.1 Å². The van der Waals surface area contributed by atoms with Crippen LogP contribution in [0.2, 0.25) is 0 Å². The predicted octanol–water partition coefficient (Wildman–Crippen LogP) is 4.72.